The van der Waals surface area contributed by atoms with Gasteiger partial charge in [-0.3, -0.25) is 4.79 Å². The van der Waals surface area contributed by atoms with Gasteiger partial charge in [-0.25, -0.2) is 4.79 Å². The van der Waals surface area contributed by atoms with Crippen LogP contribution in [-0.4, -0.2) is 73.2 Å². The Hall–Kier alpha value is -3.84. The van der Waals surface area contributed by atoms with Crippen molar-refractivity contribution in [2.75, 3.05) is 51.3 Å². The predicted octanol–water partition coefficient (Wildman–Crippen LogP) is 9.36. The SMILES string of the molecule is CC.C\C=C/C=C\C=C\COc1ccc(C(C)N(CC(=O)N2CCN(C)CC2)c2cc(C(=O)O)ccc2CC(C)CCCCCCC)cc1. The van der Waals surface area contributed by atoms with Crippen molar-refractivity contribution >= 4 is 17.6 Å². The van der Waals surface area contributed by atoms with Crippen molar-refractivity contribution in [1.82, 2.24) is 9.80 Å². The number of nitrogens with zero attached hydrogens (tertiary/aromatic N) is 3. The second-order valence-electron chi connectivity index (χ2n) is 12.9. The van der Waals surface area contributed by atoms with Crippen LogP contribution in [0.15, 0.2) is 78.9 Å². The Morgan fingerprint density at radius 2 is 1.59 bits per heavy atom. The van der Waals surface area contributed by atoms with Crippen LogP contribution in [0.3, 0.4) is 0 Å². The number of carboxylic acid groups (broad SMARTS) is 1. The van der Waals surface area contributed by atoms with E-state index >= 15 is 0 Å². The number of rotatable bonds is 19. The molecule has 1 aliphatic rings. The van der Waals surface area contributed by atoms with Gasteiger partial charge in [-0.2, -0.15) is 0 Å². The zero-order valence-corrected chi connectivity index (χ0v) is 31.4. The van der Waals surface area contributed by atoms with E-state index in [1.807, 2.05) is 92.5 Å². The molecule has 0 radical (unpaired) electrons. The molecule has 1 N–H and O–H groups in total. The minimum atomic E-state index is -0.965. The topological polar surface area (TPSA) is 73.3 Å². The summed E-state index contributed by atoms with van der Waals surface area (Å²) in [7, 11) is 2.08. The monoisotopic (exact) mass is 673 g/mol. The molecule has 2 unspecified atom stereocenters. The van der Waals surface area contributed by atoms with Crippen molar-refractivity contribution in [3.05, 3.63) is 95.6 Å². The Morgan fingerprint density at radius 3 is 2.24 bits per heavy atom. The standard InChI is InChI=1S/C40H57N3O4.C2H6/c1-6-8-10-12-14-16-28-47-37-22-20-34(21-23-37)33(4)43(31-39(44)42-26-24-41(5)25-27-42)38-30-36(40(45)46)19-18-35(38)29-32(3)17-15-13-11-9-7-2;1-2/h6,8,10,12,14,16,18-23,30,32-33H,7,9,11,13,15,17,24-29,31H2,1-5H3,(H,45,46);1-2H3/b8-6-,12-10-,16-14+;. The quantitative estimate of drug-likeness (QED) is 0.118. The molecule has 2 atom stereocenters. The van der Waals surface area contributed by atoms with Crippen LogP contribution in [0.4, 0.5) is 5.69 Å². The molecule has 270 valence electrons. The molecular formula is C42H63N3O4. The summed E-state index contributed by atoms with van der Waals surface area (Å²) in [6.07, 6.45) is 20.0. The first-order valence-electron chi connectivity index (χ1n) is 18.5. The molecule has 49 heavy (non-hydrogen) atoms. The Morgan fingerprint density at radius 1 is 0.918 bits per heavy atom. The van der Waals surface area contributed by atoms with E-state index in [9.17, 15) is 14.7 Å². The second-order valence-corrected chi connectivity index (χ2v) is 12.9. The highest BCUT2D eigenvalue weighted by molar-refractivity contribution is 5.90. The molecule has 0 spiro atoms. The lowest BCUT2D eigenvalue weighted by atomic mass is 9.92. The number of anilines is 1. The third-order valence-electron chi connectivity index (χ3n) is 9.01. The van der Waals surface area contributed by atoms with Gasteiger partial charge in [0.1, 0.15) is 12.4 Å². The van der Waals surface area contributed by atoms with E-state index in [1.54, 1.807) is 12.1 Å². The molecule has 7 nitrogen and oxygen atoms in total. The Kier molecular flexibility index (Phi) is 19.8. The summed E-state index contributed by atoms with van der Waals surface area (Å²) in [6.45, 7) is 16.3. The van der Waals surface area contributed by atoms with E-state index in [0.29, 0.717) is 25.6 Å². The maximum Gasteiger partial charge on any atom is 0.335 e. The minimum Gasteiger partial charge on any atom is -0.490 e. The van der Waals surface area contributed by atoms with Gasteiger partial charge in [0.05, 0.1) is 18.2 Å². The zero-order chi connectivity index (χ0) is 36.0. The lowest BCUT2D eigenvalue weighted by Gasteiger charge is -2.37. The van der Waals surface area contributed by atoms with Crippen LogP contribution >= 0.6 is 0 Å². The molecular weight excluding hydrogens is 610 g/mol. The van der Waals surface area contributed by atoms with Crippen molar-refractivity contribution in [2.45, 2.75) is 92.5 Å². The molecule has 0 aliphatic carbocycles. The molecule has 2 aromatic carbocycles. The van der Waals surface area contributed by atoms with E-state index in [2.05, 4.69) is 37.6 Å². The molecule has 1 aliphatic heterocycles. The highest BCUT2D eigenvalue weighted by atomic mass is 16.5. The van der Waals surface area contributed by atoms with E-state index in [0.717, 1.165) is 48.5 Å². The molecule has 2 aromatic rings. The summed E-state index contributed by atoms with van der Waals surface area (Å²) in [5.74, 6) is 0.313. The highest BCUT2D eigenvalue weighted by Gasteiger charge is 2.27. The average molecular weight is 674 g/mol. The molecule has 7 heteroatoms. The number of piperazine rings is 1. The number of unbranched alkanes of at least 4 members (excludes halogenated alkanes) is 4. The number of allylic oxidation sites excluding steroid dienone is 5. The first kappa shape index (κ1) is 41.3. The molecule has 3 rings (SSSR count). The first-order chi connectivity index (χ1) is 23.7. The second kappa shape index (κ2) is 23.5. The van der Waals surface area contributed by atoms with Gasteiger partial charge in [-0.1, -0.05) is 115 Å². The van der Waals surface area contributed by atoms with Crippen molar-refractivity contribution in [3.8, 4) is 5.75 Å². The zero-order valence-electron chi connectivity index (χ0n) is 31.4. The summed E-state index contributed by atoms with van der Waals surface area (Å²) in [4.78, 5) is 32.3. The normalized spacial score (nSPS) is 15.0. The van der Waals surface area contributed by atoms with Gasteiger partial charge in [0.2, 0.25) is 5.91 Å². The van der Waals surface area contributed by atoms with E-state index in [1.165, 1.54) is 32.1 Å². The van der Waals surface area contributed by atoms with Crippen molar-refractivity contribution in [3.63, 3.8) is 0 Å². The highest BCUT2D eigenvalue weighted by Crippen LogP contribution is 2.34. The molecule has 0 aromatic heterocycles. The molecule has 1 amide bonds. The van der Waals surface area contributed by atoms with Crippen molar-refractivity contribution in [1.29, 1.82) is 0 Å². The van der Waals surface area contributed by atoms with Gasteiger partial charge in [0.15, 0.2) is 0 Å². The third-order valence-corrected chi connectivity index (χ3v) is 9.01. The predicted molar refractivity (Wildman–Crippen MR) is 206 cm³/mol. The number of amides is 1. The Labute approximate surface area is 297 Å². The van der Waals surface area contributed by atoms with E-state index in [4.69, 9.17) is 4.74 Å². The summed E-state index contributed by atoms with van der Waals surface area (Å²) >= 11 is 0. The minimum absolute atomic E-state index is 0.0656. The Balaban J connectivity index is 0.00000409. The summed E-state index contributed by atoms with van der Waals surface area (Å²) < 4.78 is 5.92. The number of benzene rings is 2. The average Bonchev–Trinajstić information content (AvgIpc) is 3.11. The fourth-order valence-electron chi connectivity index (χ4n) is 5.98. The van der Waals surface area contributed by atoms with Crippen LogP contribution in [0.1, 0.15) is 108 Å². The van der Waals surface area contributed by atoms with E-state index < -0.39 is 5.97 Å². The molecule has 0 saturated carbocycles. The van der Waals surface area contributed by atoms with Crippen LogP contribution in [0.25, 0.3) is 0 Å². The van der Waals surface area contributed by atoms with Gasteiger partial charge in [0, 0.05) is 31.9 Å². The van der Waals surface area contributed by atoms with Crippen LogP contribution in [-0.2, 0) is 11.2 Å². The summed E-state index contributed by atoms with van der Waals surface area (Å²) in [5, 5.41) is 9.97. The van der Waals surface area contributed by atoms with Crippen molar-refractivity contribution in [2.24, 2.45) is 5.92 Å². The van der Waals surface area contributed by atoms with Gasteiger partial charge < -0.3 is 24.5 Å². The Bertz CT molecular complexity index is 1330. The number of hydrogen-bond acceptors (Lipinski definition) is 5. The van der Waals surface area contributed by atoms with E-state index in [-0.39, 0.29) is 24.1 Å². The van der Waals surface area contributed by atoms with Crippen LogP contribution < -0.4 is 9.64 Å². The van der Waals surface area contributed by atoms with Gasteiger partial charge in [-0.05, 0) is 74.7 Å². The molecule has 1 saturated heterocycles. The lowest BCUT2D eigenvalue weighted by molar-refractivity contribution is -0.131. The van der Waals surface area contributed by atoms with Gasteiger partial charge in [-0.15, -0.1) is 0 Å². The molecule has 1 fully saturated rings. The number of likely N-dealkylation sites (N-methyl/N-ethyl adjacent to an activating group) is 1. The number of carbonyl (C=O) groups excluding carboxylic acids is 1. The number of hydrogen-bond donors (Lipinski definition) is 1. The summed E-state index contributed by atoms with van der Waals surface area (Å²) in [5.41, 5.74) is 3.18. The maximum atomic E-state index is 13.8. The van der Waals surface area contributed by atoms with Gasteiger partial charge >= 0.3 is 5.97 Å². The maximum absolute atomic E-state index is 13.8. The fraction of sp³-hybridized carbons (Fsp3) is 0.524. The van der Waals surface area contributed by atoms with Gasteiger partial charge in [0.25, 0.3) is 0 Å². The van der Waals surface area contributed by atoms with Crippen LogP contribution in [0.2, 0.25) is 0 Å². The van der Waals surface area contributed by atoms with Crippen molar-refractivity contribution < 1.29 is 19.4 Å². The number of ether oxygens (including phenoxy) is 1. The molecule has 0 bridgehead atoms. The largest absolute Gasteiger partial charge is 0.490 e. The number of aromatic carboxylic acids is 1. The number of carbonyl (C=O) groups is 2. The summed E-state index contributed by atoms with van der Waals surface area (Å²) in [6, 6.07) is 13.3. The smallest absolute Gasteiger partial charge is 0.335 e. The lowest BCUT2D eigenvalue weighted by Crippen LogP contribution is -2.50. The third kappa shape index (κ3) is 14.7. The number of carboxylic acids is 1. The van der Waals surface area contributed by atoms with Crippen LogP contribution in [0.5, 0.6) is 5.75 Å². The molecule has 1 heterocycles. The fourth-order valence-corrected chi connectivity index (χ4v) is 5.98. The van der Waals surface area contributed by atoms with Crippen LogP contribution in [0, 0.1) is 5.92 Å². The first-order valence-corrected chi connectivity index (χ1v) is 18.5.